The topological polar surface area (TPSA) is 60.5 Å². The third-order valence-electron chi connectivity index (χ3n) is 4.11. The standard InChI is InChI=1S/C18H18ClFN2O3/c1-24-16-9-14(20)12(8-17(16)25-11-4-2-3-5-11)18(23)22-15-6-7-21-10-13(15)19/h6-11H,2-5H2,1H3,(H,21,22,23). The molecule has 1 amide bonds. The number of amides is 1. The van der Waals surface area contributed by atoms with Crippen LogP contribution < -0.4 is 14.8 Å². The summed E-state index contributed by atoms with van der Waals surface area (Å²) in [6.07, 6.45) is 7.02. The van der Waals surface area contributed by atoms with Gasteiger partial charge in [-0.2, -0.15) is 0 Å². The van der Waals surface area contributed by atoms with Crippen molar-refractivity contribution in [2.24, 2.45) is 0 Å². The van der Waals surface area contributed by atoms with E-state index in [0.717, 1.165) is 31.7 Å². The van der Waals surface area contributed by atoms with Crippen molar-refractivity contribution in [1.82, 2.24) is 4.98 Å². The van der Waals surface area contributed by atoms with Crippen LogP contribution in [0.15, 0.2) is 30.6 Å². The van der Waals surface area contributed by atoms with Crippen molar-refractivity contribution >= 4 is 23.2 Å². The van der Waals surface area contributed by atoms with Crippen molar-refractivity contribution in [3.05, 3.63) is 47.0 Å². The van der Waals surface area contributed by atoms with E-state index in [0.29, 0.717) is 11.4 Å². The monoisotopic (exact) mass is 364 g/mol. The fraction of sp³-hybridized carbons (Fsp3) is 0.333. The molecule has 5 nitrogen and oxygen atoms in total. The molecule has 0 saturated heterocycles. The van der Waals surface area contributed by atoms with Crippen molar-refractivity contribution in [3.63, 3.8) is 0 Å². The first kappa shape index (κ1) is 17.5. The third-order valence-corrected chi connectivity index (χ3v) is 4.42. The smallest absolute Gasteiger partial charge is 0.258 e. The molecule has 1 heterocycles. The number of pyridine rings is 1. The van der Waals surface area contributed by atoms with Gasteiger partial charge in [0.25, 0.3) is 5.91 Å². The summed E-state index contributed by atoms with van der Waals surface area (Å²) in [5.41, 5.74) is 0.219. The van der Waals surface area contributed by atoms with Crippen LogP contribution in [-0.2, 0) is 0 Å². The van der Waals surface area contributed by atoms with E-state index < -0.39 is 11.7 Å². The molecule has 1 aromatic heterocycles. The summed E-state index contributed by atoms with van der Waals surface area (Å²) in [4.78, 5) is 16.3. The molecule has 1 saturated carbocycles. The molecule has 3 rings (SSSR count). The molecule has 2 aromatic rings. The Kier molecular flexibility index (Phi) is 5.38. The number of carbonyl (C=O) groups excluding carboxylic acids is 1. The van der Waals surface area contributed by atoms with Crippen LogP contribution in [-0.4, -0.2) is 24.1 Å². The number of anilines is 1. The maximum atomic E-state index is 14.3. The number of carbonyl (C=O) groups is 1. The second kappa shape index (κ2) is 7.70. The van der Waals surface area contributed by atoms with Gasteiger partial charge < -0.3 is 14.8 Å². The van der Waals surface area contributed by atoms with Crippen LogP contribution >= 0.6 is 11.6 Å². The molecule has 0 spiro atoms. The summed E-state index contributed by atoms with van der Waals surface area (Å²) < 4.78 is 25.4. The van der Waals surface area contributed by atoms with Crippen molar-refractivity contribution in [2.45, 2.75) is 31.8 Å². The number of rotatable bonds is 5. The Morgan fingerprint density at radius 1 is 1.32 bits per heavy atom. The number of ether oxygens (including phenoxy) is 2. The molecule has 1 fully saturated rings. The van der Waals surface area contributed by atoms with E-state index in [1.807, 2.05) is 0 Å². The average molecular weight is 365 g/mol. The number of hydrogen-bond acceptors (Lipinski definition) is 4. The third kappa shape index (κ3) is 4.02. The summed E-state index contributed by atoms with van der Waals surface area (Å²) in [7, 11) is 1.44. The van der Waals surface area contributed by atoms with Gasteiger partial charge in [0.1, 0.15) is 5.82 Å². The number of nitrogens with one attached hydrogen (secondary N) is 1. The molecule has 7 heteroatoms. The first-order chi connectivity index (χ1) is 12.1. The van der Waals surface area contributed by atoms with Crippen LogP contribution in [0.2, 0.25) is 5.02 Å². The second-order valence-corrected chi connectivity index (χ2v) is 6.22. The highest BCUT2D eigenvalue weighted by molar-refractivity contribution is 6.33. The Balaban J connectivity index is 1.86. The van der Waals surface area contributed by atoms with Crippen LogP contribution in [0.5, 0.6) is 11.5 Å². The summed E-state index contributed by atoms with van der Waals surface area (Å²) >= 11 is 5.97. The molecule has 1 aromatic carbocycles. The van der Waals surface area contributed by atoms with Crippen LogP contribution in [0.25, 0.3) is 0 Å². The molecule has 0 aliphatic heterocycles. The van der Waals surface area contributed by atoms with Crippen LogP contribution in [0.4, 0.5) is 10.1 Å². The van der Waals surface area contributed by atoms with E-state index in [4.69, 9.17) is 21.1 Å². The lowest BCUT2D eigenvalue weighted by molar-refractivity contribution is 0.102. The maximum absolute atomic E-state index is 14.3. The van der Waals surface area contributed by atoms with Gasteiger partial charge in [0.2, 0.25) is 0 Å². The van der Waals surface area contributed by atoms with Gasteiger partial charge in [-0.3, -0.25) is 9.78 Å². The van der Waals surface area contributed by atoms with E-state index in [9.17, 15) is 9.18 Å². The molecule has 0 atom stereocenters. The Morgan fingerprint density at radius 2 is 2.08 bits per heavy atom. The zero-order chi connectivity index (χ0) is 17.8. The predicted molar refractivity (Wildman–Crippen MR) is 93.0 cm³/mol. The van der Waals surface area contributed by atoms with Gasteiger partial charge >= 0.3 is 0 Å². The molecule has 0 unspecified atom stereocenters. The van der Waals surface area contributed by atoms with Gasteiger partial charge in [-0.25, -0.2) is 4.39 Å². The van der Waals surface area contributed by atoms with E-state index in [1.165, 1.54) is 31.6 Å². The molecule has 25 heavy (non-hydrogen) atoms. The lowest BCUT2D eigenvalue weighted by Crippen LogP contribution is -2.16. The fourth-order valence-electron chi connectivity index (χ4n) is 2.81. The highest BCUT2D eigenvalue weighted by Crippen LogP contribution is 2.34. The summed E-state index contributed by atoms with van der Waals surface area (Å²) in [6.45, 7) is 0. The second-order valence-electron chi connectivity index (χ2n) is 5.82. The molecule has 0 bridgehead atoms. The number of halogens is 2. The first-order valence-corrected chi connectivity index (χ1v) is 8.41. The molecule has 1 aliphatic rings. The largest absolute Gasteiger partial charge is 0.493 e. The number of nitrogens with zero attached hydrogens (tertiary/aromatic N) is 1. The molecular formula is C18H18ClFN2O3. The predicted octanol–water partition coefficient (Wildman–Crippen LogP) is 4.46. The molecule has 0 radical (unpaired) electrons. The molecule has 1 aliphatic carbocycles. The Hall–Kier alpha value is -2.34. The van der Waals surface area contributed by atoms with Crippen molar-refractivity contribution in [3.8, 4) is 11.5 Å². The van der Waals surface area contributed by atoms with E-state index in [1.54, 1.807) is 0 Å². The highest BCUT2D eigenvalue weighted by Gasteiger charge is 2.22. The summed E-state index contributed by atoms with van der Waals surface area (Å²) in [5.74, 6) is -0.688. The highest BCUT2D eigenvalue weighted by atomic mass is 35.5. The van der Waals surface area contributed by atoms with Gasteiger partial charge in [0, 0.05) is 18.5 Å². The zero-order valence-electron chi connectivity index (χ0n) is 13.7. The van der Waals surface area contributed by atoms with Crippen molar-refractivity contribution in [2.75, 3.05) is 12.4 Å². The SMILES string of the molecule is COc1cc(F)c(C(=O)Nc2ccncc2Cl)cc1OC1CCCC1. The maximum Gasteiger partial charge on any atom is 0.258 e. The van der Waals surface area contributed by atoms with Crippen LogP contribution in [0.1, 0.15) is 36.0 Å². The Morgan fingerprint density at radius 3 is 2.76 bits per heavy atom. The minimum absolute atomic E-state index is 0.0601. The lowest BCUT2D eigenvalue weighted by Gasteiger charge is -2.17. The van der Waals surface area contributed by atoms with Crippen molar-refractivity contribution < 1.29 is 18.7 Å². The summed E-state index contributed by atoms with van der Waals surface area (Å²) in [5, 5.41) is 2.85. The number of methoxy groups -OCH3 is 1. The van der Waals surface area contributed by atoms with E-state index in [2.05, 4.69) is 10.3 Å². The van der Waals surface area contributed by atoms with Crippen LogP contribution in [0, 0.1) is 5.82 Å². The quantitative estimate of drug-likeness (QED) is 0.851. The van der Waals surface area contributed by atoms with Crippen LogP contribution in [0.3, 0.4) is 0 Å². The Bertz CT molecular complexity index is 779. The van der Waals surface area contributed by atoms with Gasteiger partial charge in [0.05, 0.1) is 29.5 Å². The van der Waals surface area contributed by atoms with Gasteiger partial charge in [-0.05, 0) is 37.8 Å². The minimum Gasteiger partial charge on any atom is -0.493 e. The average Bonchev–Trinajstić information content (AvgIpc) is 3.11. The molecule has 132 valence electrons. The number of hydrogen-bond donors (Lipinski definition) is 1. The molecular weight excluding hydrogens is 347 g/mol. The first-order valence-electron chi connectivity index (χ1n) is 8.03. The Labute approximate surface area is 150 Å². The minimum atomic E-state index is -0.696. The fourth-order valence-corrected chi connectivity index (χ4v) is 2.98. The van der Waals surface area contributed by atoms with E-state index in [-0.39, 0.29) is 22.4 Å². The van der Waals surface area contributed by atoms with E-state index >= 15 is 0 Å². The van der Waals surface area contributed by atoms with Gasteiger partial charge in [0.15, 0.2) is 11.5 Å². The van der Waals surface area contributed by atoms with Gasteiger partial charge in [-0.15, -0.1) is 0 Å². The molecule has 1 N–H and O–H groups in total. The summed E-state index contributed by atoms with van der Waals surface area (Å²) in [6, 6.07) is 4.07. The van der Waals surface area contributed by atoms with Crippen molar-refractivity contribution in [1.29, 1.82) is 0 Å². The van der Waals surface area contributed by atoms with Gasteiger partial charge in [-0.1, -0.05) is 11.6 Å². The normalized spacial score (nSPS) is 14.4. The zero-order valence-corrected chi connectivity index (χ0v) is 14.5. The number of benzene rings is 1. The lowest BCUT2D eigenvalue weighted by atomic mass is 10.1. The number of aromatic nitrogens is 1.